The Morgan fingerprint density at radius 1 is 0.615 bits per heavy atom. The summed E-state index contributed by atoms with van der Waals surface area (Å²) in [4.78, 5) is 2.27. The molecule has 0 saturated carbocycles. The molecule has 0 fully saturated rings. The maximum absolute atomic E-state index is 5.52. The normalized spacial score (nSPS) is 10.3. The molecule has 4 rings (SSSR count). The molecule has 0 saturated heterocycles. The molecule has 0 aliphatic rings. The van der Waals surface area contributed by atoms with E-state index in [-0.39, 0.29) is 14.5 Å². The van der Waals surface area contributed by atoms with Gasteiger partial charge < -0.3 is 0 Å². The second-order valence-electron chi connectivity index (χ2n) is 5.86. The number of rotatable bonds is 4. The van der Waals surface area contributed by atoms with Crippen LogP contribution in [0, 0.1) is 12.3 Å². The van der Waals surface area contributed by atoms with Crippen molar-refractivity contribution in [2.24, 2.45) is 0 Å². The Hall–Kier alpha value is -2.98. The average Bonchev–Trinajstić information content (AvgIpc) is 3.20. The summed E-state index contributed by atoms with van der Waals surface area (Å²) in [6.45, 7) is 0. The van der Waals surface area contributed by atoms with E-state index in [0.717, 1.165) is 21.5 Å². The molecule has 0 aliphatic heterocycles. The van der Waals surface area contributed by atoms with Crippen LogP contribution in [0.3, 0.4) is 0 Å². The molecule has 0 bridgehead atoms. The first-order valence-electron chi connectivity index (χ1n) is 8.42. The molecule has 4 aromatic rings. The van der Waals surface area contributed by atoms with E-state index in [9.17, 15) is 0 Å². The number of terminal acetylenes is 1. The van der Waals surface area contributed by atoms with E-state index in [2.05, 4.69) is 95.7 Å². The van der Waals surface area contributed by atoms with Crippen LogP contribution in [-0.2, 0) is 0 Å². The molecule has 0 N–H and O–H groups in total. The summed E-state index contributed by atoms with van der Waals surface area (Å²) in [5, 5.41) is 0. The fraction of sp³-hybridized carbons (Fsp3) is 0. The summed E-state index contributed by atoms with van der Waals surface area (Å²) in [5.41, 5.74) is 4.68. The molecule has 124 valence electrons. The Bertz CT molecular complexity index is 986. The monoisotopic (exact) mass is 399 g/mol. The first-order valence-corrected chi connectivity index (χ1v) is 10.1. The van der Waals surface area contributed by atoms with Gasteiger partial charge in [-0.25, -0.2) is 0 Å². The van der Waals surface area contributed by atoms with Gasteiger partial charge in [0.25, 0.3) is 0 Å². The minimum absolute atomic E-state index is 0.245. The van der Waals surface area contributed by atoms with Gasteiger partial charge in [-0.15, -0.1) is 0 Å². The fourth-order valence-electron chi connectivity index (χ4n) is 2.95. The fourth-order valence-corrected chi connectivity index (χ4v) is 4.67. The number of para-hydroxylation sites is 2. The maximum atomic E-state index is 5.52. The zero-order valence-corrected chi connectivity index (χ0v) is 15.9. The first-order chi connectivity index (χ1) is 12.8. The second-order valence-corrected chi connectivity index (χ2v) is 8.14. The Morgan fingerprint density at radius 2 is 1.15 bits per heavy atom. The van der Waals surface area contributed by atoms with Crippen molar-refractivity contribution >= 4 is 31.6 Å². The van der Waals surface area contributed by atoms with E-state index in [1.54, 1.807) is 0 Å². The standard InChI is InChI=1S/C24H17NSe/c1-2-23-17-18-24(26-23)19-13-15-22(16-14-19)25(20-9-5-3-6-10-20)21-11-7-4-8-12-21/h1,3-18H. The third-order valence-corrected chi connectivity index (χ3v) is 6.42. The summed E-state index contributed by atoms with van der Waals surface area (Å²) in [6.07, 6.45) is 5.52. The molecule has 3 aromatic carbocycles. The van der Waals surface area contributed by atoms with E-state index in [0.29, 0.717) is 0 Å². The van der Waals surface area contributed by atoms with Gasteiger partial charge in [0.05, 0.1) is 0 Å². The third kappa shape index (κ3) is 3.37. The topological polar surface area (TPSA) is 3.24 Å². The average molecular weight is 398 g/mol. The zero-order chi connectivity index (χ0) is 17.8. The summed E-state index contributed by atoms with van der Waals surface area (Å²) >= 11 is 0.245. The Kier molecular flexibility index (Phi) is 4.75. The number of nitrogens with zero attached hydrogens (tertiary/aromatic N) is 1. The van der Waals surface area contributed by atoms with Crippen LogP contribution in [-0.4, -0.2) is 14.5 Å². The van der Waals surface area contributed by atoms with Gasteiger partial charge in [-0.2, -0.15) is 0 Å². The molecule has 1 heterocycles. The van der Waals surface area contributed by atoms with Gasteiger partial charge in [-0.3, -0.25) is 0 Å². The van der Waals surface area contributed by atoms with Gasteiger partial charge in [0, 0.05) is 0 Å². The zero-order valence-electron chi connectivity index (χ0n) is 14.2. The third-order valence-electron chi connectivity index (χ3n) is 4.19. The molecular weight excluding hydrogens is 381 g/mol. The van der Waals surface area contributed by atoms with Crippen LogP contribution in [0.4, 0.5) is 17.1 Å². The number of hydrogen-bond acceptors (Lipinski definition) is 1. The quantitative estimate of drug-likeness (QED) is 0.307. The number of anilines is 3. The SMILES string of the molecule is C#Cc1ccc(-c2ccc(N(c3ccccc3)c3ccccc3)cc2)[se]1. The predicted molar refractivity (Wildman–Crippen MR) is 111 cm³/mol. The molecule has 0 atom stereocenters. The van der Waals surface area contributed by atoms with Crippen LogP contribution in [0.5, 0.6) is 0 Å². The van der Waals surface area contributed by atoms with Crippen LogP contribution in [0.1, 0.15) is 4.44 Å². The molecule has 0 unspecified atom stereocenters. The number of benzene rings is 3. The molecular formula is C24H17NSe. The van der Waals surface area contributed by atoms with Crippen molar-refractivity contribution in [3.05, 3.63) is 101 Å². The molecule has 26 heavy (non-hydrogen) atoms. The molecule has 0 amide bonds. The van der Waals surface area contributed by atoms with Crippen molar-refractivity contribution in [1.82, 2.24) is 0 Å². The van der Waals surface area contributed by atoms with Crippen LogP contribution in [0.15, 0.2) is 97.1 Å². The van der Waals surface area contributed by atoms with E-state index >= 15 is 0 Å². The van der Waals surface area contributed by atoms with Gasteiger partial charge in [0.2, 0.25) is 0 Å². The Labute approximate surface area is 160 Å². The Balaban J connectivity index is 1.74. The van der Waals surface area contributed by atoms with Crippen LogP contribution < -0.4 is 4.90 Å². The summed E-state index contributed by atoms with van der Waals surface area (Å²) in [6, 6.07) is 33.8. The van der Waals surface area contributed by atoms with E-state index in [4.69, 9.17) is 6.42 Å². The number of hydrogen-bond donors (Lipinski definition) is 0. The summed E-state index contributed by atoms with van der Waals surface area (Å²) in [7, 11) is 0. The summed E-state index contributed by atoms with van der Waals surface area (Å²) < 4.78 is 2.44. The van der Waals surface area contributed by atoms with E-state index in [1.807, 2.05) is 12.1 Å². The van der Waals surface area contributed by atoms with Crippen LogP contribution in [0.25, 0.3) is 10.0 Å². The minimum atomic E-state index is 0.245. The second kappa shape index (κ2) is 7.50. The molecule has 1 nitrogen and oxygen atoms in total. The van der Waals surface area contributed by atoms with Crippen molar-refractivity contribution in [3.8, 4) is 22.3 Å². The van der Waals surface area contributed by atoms with Gasteiger partial charge in [0.15, 0.2) is 0 Å². The van der Waals surface area contributed by atoms with Crippen molar-refractivity contribution in [2.45, 2.75) is 0 Å². The van der Waals surface area contributed by atoms with E-state index < -0.39 is 0 Å². The van der Waals surface area contributed by atoms with Crippen molar-refractivity contribution in [1.29, 1.82) is 0 Å². The van der Waals surface area contributed by atoms with Gasteiger partial charge in [-0.1, -0.05) is 0 Å². The van der Waals surface area contributed by atoms with Crippen molar-refractivity contribution in [3.63, 3.8) is 0 Å². The molecule has 0 spiro atoms. The first kappa shape index (κ1) is 16.5. The summed E-state index contributed by atoms with van der Waals surface area (Å²) in [5.74, 6) is 2.76. The molecule has 2 heteroatoms. The van der Waals surface area contributed by atoms with Crippen molar-refractivity contribution in [2.75, 3.05) is 4.90 Å². The predicted octanol–water partition coefficient (Wildman–Crippen LogP) is 5.86. The van der Waals surface area contributed by atoms with Gasteiger partial charge in [0.1, 0.15) is 0 Å². The van der Waals surface area contributed by atoms with E-state index in [1.165, 1.54) is 10.0 Å². The molecule has 1 aromatic heterocycles. The molecule has 0 radical (unpaired) electrons. The van der Waals surface area contributed by atoms with Crippen molar-refractivity contribution < 1.29 is 0 Å². The molecule has 0 aliphatic carbocycles. The van der Waals surface area contributed by atoms with Gasteiger partial charge >= 0.3 is 160 Å². The van der Waals surface area contributed by atoms with Gasteiger partial charge in [-0.05, 0) is 0 Å². The Morgan fingerprint density at radius 3 is 1.65 bits per heavy atom. The van der Waals surface area contributed by atoms with Crippen LogP contribution in [0.2, 0.25) is 0 Å². The van der Waals surface area contributed by atoms with Crippen LogP contribution >= 0.6 is 0 Å².